The third-order valence-corrected chi connectivity index (χ3v) is 2.37. The van der Waals surface area contributed by atoms with Gasteiger partial charge in [0.15, 0.2) is 0 Å². The SMILES string of the molecule is C=CC(=O)NC1CCC[C@H]1C. The fourth-order valence-corrected chi connectivity index (χ4v) is 1.60. The summed E-state index contributed by atoms with van der Waals surface area (Å²) in [5.74, 6) is 0.600. The van der Waals surface area contributed by atoms with Gasteiger partial charge in [-0.15, -0.1) is 0 Å². The van der Waals surface area contributed by atoms with Gasteiger partial charge in [0.2, 0.25) is 5.91 Å². The lowest BCUT2D eigenvalue weighted by molar-refractivity contribution is -0.117. The highest BCUT2D eigenvalue weighted by molar-refractivity contribution is 5.87. The van der Waals surface area contributed by atoms with E-state index in [1.165, 1.54) is 18.9 Å². The van der Waals surface area contributed by atoms with Crippen LogP contribution in [0.15, 0.2) is 12.7 Å². The average molecular weight is 153 g/mol. The van der Waals surface area contributed by atoms with Gasteiger partial charge in [-0.1, -0.05) is 19.9 Å². The zero-order valence-corrected chi connectivity index (χ0v) is 6.97. The van der Waals surface area contributed by atoms with Crippen LogP contribution < -0.4 is 5.32 Å². The standard InChI is InChI=1S/C9H15NO/c1-3-9(11)10-8-6-4-5-7(8)2/h3,7-8H,1,4-6H2,2H3,(H,10,11)/t7-,8?/m1/s1. The largest absolute Gasteiger partial charge is 0.350 e. The van der Waals surface area contributed by atoms with Crippen LogP contribution in [0.1, 0.15) is 26.2 Å². The number of carbonyl (C=O) groups excluding carboxylic acids is 1. The Morgan fingerprint density at radius 1 is 1.64 bits per heavy atom. The summed E-state index contributed by atoms with van der Waals surface area (Å²) >= 11 is 0. The number of hydrogen-bond donors (Lipinski definition) is 1. The normalized spacial score (nSPS) is 29.9. The summed E-state index contributed by atoms with van der Waals surface area (Å²) < 4.78 is 0. The third-order valence-electron chi connectivity index (χ3n) is 2.37. The summed E-state index contributed by atoms with van der Waals surface area (Å²) in [5, 5.41) is 2.92. The van der Waals surface area contributed by atoms with Crippen molar-refractivity contribution in [1.82, 2.24) is 5.32 Å². The molecule has 0 radical (unpaired) electrons. The Kier molecular flexibility index (Phi) is 2.69. The first-order valence-electron chi connectivity index (χ1n) is 4.17. The molecule has 0 aliphatic heterocycles. The second-order valence-electron chi connectivity index (χ2n) is 3.23. The minimum Gasteiger partial charge on any atom is -0.350 e. The fraction of sp³-hybridized carbons (Fsp3) is 0.667. The maximum atomic E-state index is 10.9. The minimum atomic E-state index is -0.0382. The Hall–Kier alpha value is -0.790. The van der Waals surface area contributed by atoms with Crippen LogP contribution in [0.4, 0.5) is 0 Å². The quantitative estimate of drug-likeness (QED) is 0.598. The van der Waals surface area contributed by atoms with Gasteiger partial charge in [-0.25, -0.2) is 0 Å². The smallest absolute Gasteiger partial charge is 0.243 e. The zero-order chi connectivity index (χ0) is 8.27. The Morgan fingerprint density at radius 2 is 2.36 bits per heavy atom. The molecule has 0 saturated heterocycles. The molecule has 1 rings (SSSR count). The van der Waals surface area contributed by atoms with Crippen molar-refractivity contribution < 1.29 is 4.79 Å². The maximum absolute atomic E-state index is 10.9. The molecule has 1 aliphatic carbocycles. The van der Waals surface area contributed by atoms with Crippen molar-refractivity contribution >= 4 is 5.91 Å². The molecular formula is C9H15NO. The minimum absolute atomic E-state index is 0.0382. The topological polar surface area (TPSA) is 29.1 Å². The van der Waals surface area contributed by atoms with E-state index in [9.17, 15) is 4.79 Å². The van der Waals surface area contributed by atoms with Gasteiger partial charge >= 0.3 is 0 Å². The zero-order valence-electron chi connectivity index (χ0n) is 6.97. The molecule has 1 N–H and O–H groups in total. The number of rotatable bonds is 2. The Bertz CT molecular complexity index is 165. The van der Waals surface area contributed by atoms with Gasteiger partial charge in [0.25, 0.3) is 0 Å². The molecule has 1 saturated carbocycles. The van der Waals surface area contributed by atoms with E-state index in [1.54, 1.807) is 0 Å². The van der Waals surface area contributed by atoms with Crippen molar-refractivity contribution in [3.63, 3.8) is 0 Å². The third kappa shape index (κ3) is 2.07. The molecule has 2 nitrogen and oxygen atoms in total. The Labute approximate surface area is 67.7 Å². The second-order valence-corrected chi connectivity index (χ2v) is 3.23. The highest BCUT2D eigenvalue weighted by Crippen LogP contribution is 2.24. The van der Waals surface area contributed by atoms with Crippen LogP contribution in [-0.4, -0.2) is 11.9 Å². The van der Waals surface area contributed by atoms with Crippen molar-refractivity contribution in [2.45, 2.75) is 32.2 Å². The molecule has 11 heavy (non-hydrogen) atoms. The molecule has 0 aromatic rings. The molecule has 1 fully saturated rings. The van der Waals surface area contributed by atoms with Crippen LogP contribution in [0.2, 0.25) is 0 Å². The van der Waals surface area contributed by atoms with E-state index < -0.39 is 0 Å². The van der Waals surface area contributed by atoms with Crippen LogP contribution in [0.3, 0.4) is 0 Å². The summed E-state index contributed by atoms with van der Waals surface area (Å²) in [7, 11) is 0. The molecule has 0 spiro atoms. The first-order valence-corrected chi connectivity index (χ1v) is 4.17. The van der Waals surface area contributed by atoms with Crippen LogP contribution in [0, 0.1) is 5.92 Å². The number of amides is 1. The molecule has 1 amide bonds. The van der Waals surface area contributed by atoms with Gasteiger partial charge in [-0.3, -0.25) is 4.79 Å². The van der Waals surface area contributed by atoms with Crippen molar-refractivity contribution in [2.24, 2.45) is 5.92 Å². The predicted octanol–water partition coefficient (Wildman–Crippen LogP) is 1.48. The first-order chi connectivity index (χ1) is 5.24. The second kappa shape index (κ2) is 3.56. The van der Waals surface area contributed by atoms with E-state index in [0.717, 1.165) is 6.42 Å². The van der Waals surface area contributed by atoms with Gasteiger partial charge < -0.3 is 5.32 Å². The molecule has 1 unspecified atom stereocenters. The summed E-state index contributed by atoms with van der Waals surface area (Å²) in [4.78, 5) is 10.9. The van der Waals surface area contributed by atoms with E-state index >= 15 is 0 Å². The molecule has 2 atom stereocenters. The van der Waals surface area contributed by atoms with Crippen LogP contribution in [-0.2, 0) is 4.79 Å². The number of hydrogen-bond acceptors (Lipinski definition) is 1. The fourth-order valence-electron chi connectivity index (χ4n) is 1.60. The van der Waals surface area contributed by atoms with Crippen molar-refractivity contribution in [1.29, 1.82) is 0 Å². The van der Waals surface area contributed by atoms with Gasteiger partial charge in [0.05, 0.1) is 0 Å². The summed E-state index contributed by atoms with van der Waals surface area (Å²) in [6, 6.07) is 0.389. The molecule has 0 aromatic carbocycles. The number of carbonyl (C=O) groups is 1. The van der Waals surface area contributed by atoms with E-state index in [2.05, 4.69) is 18.8 Å². The lowest BCUT2D eigenvalue weighted by atomic mass is 10.1. The van der Waals surface area contributed by atoms with Gasteiger partial charge in [0.1, 0.15) is 0 Å². The van der Waals surface area contributed by atoms with E-state index in [1.807, 2.05) is 0 Å². The van der Waals surface area contributed by atoms with Gasteiger partial charge in [0, 0.05) is 6.04 Å². The monoisotopic (exact) mass is 153 g/mol. The molecule has 2 heteroatoms. The van der Waals surface area contributed by atoms with Crippen molar-refractivity contribution in [3.05, 3.63) is 12.7 Å². The molecular weight excluding hydrogens is 138 g/mol. The highest BCUT2D eigenvalue weighted by Gasteiger charge is 2.23. The highest BCUT2D eigenvalue weighted by atomic mass is 16.1. The van der Waals surface area contributed by atoms with E-state index in [0.29, 0.717) is 12.0 Å². The molecule has 0 aromatic heterocycles. The summed E-state index contributed by atoms with van der Waals surface area (Å²) in [5.41, 5.74) is 0. The molecule has 62 valence electrons. The average Bonchev–Trinajstić information content (AvgIpc) is 2.37. The van der Waals surface area contributed by atoms with Crippen LogP contribution in [0.5, 0.6) is 0 Å². The van der Waals surface area contributed by atoms with Gasteiger partial charge in [-0.2, -0.15) is 0 Å². The van der Waals surface area contributed by atoms with Crippen molar-refractivity contribution in [2.75, 3.05) is 0 Å². The van der Waals surface area contributed by atoms with Gasteiger partial charge in [-0.05, 0) is 24.8 Å². The lowest BCUT2D eigenvalue weighted by Crippen LogP contribution is -2.35. The Balaban J connectivity index is 2.36. The lowest BCUT2D eigenvalue weighted by Gasteiger charge is -2.15. The molecule has 0 heterocycles. The van der Waals surface area contributed by atoms with Crippen LogP contribution >= 0.6 is 0 Å². The number of nitrogens with one attached hydrogen (secondary N) is 1. The van der Waals surface area contributed by atoms with E-state index in [4.69, 9.17) is 0 Å². The first kappa shape index (κ1) is 8.31. The van der Waals surface area contributed by atoms with E-state index in [-0.39, 0.29) is 5.91 Å². The molecule has 0 bridgehead atoms. The summed E-state index contributed by atoms with van der Waals surface area (Å²) in [6.45, 7) is 5.60. The Morgan fingerprint density at radius 3 is 2.82 bits per heavy atom. The molecule has 1 aliphatic rings. The van der Waals surface area contributed by atoms with Crippen molar-refractivity contribution in [3.8, 4) is 0 Å². The maximum Gasteiger partial charge on any atom is 0.243 e. The summed E-state index contributed by atoms with van der Waals surface area (Å²) in [6.07, 6.45) is 4.94. The predicted molar refractivity (Wildman–Crippen MR) is 45.1 cm³/mol. The van der Waals surface area contributed by atoms with Crippen LogP contribution in [0.25, 0.3) is 0 Å².